The van der Waals surface area contributed by atoms with Crippen LogP contribution in [0, 0.1) is 0 Å². The van der Waals surface area contributed by atoms with E-state index in [4.69, 9.17) is 13.6 Å². The first-order valence-corrected chi connectivity index (χ1v) is 20.6. The van der Waals surface area contributed by atoms with Crippen LogP contribution in [0.15, 0.2) is 61.6 Å². The molecule has 234 valence electrons. The van der Waals surface area contributed by atoms with Gasteiger partial charge in [0, 0.05) is 17.3 Å². The number of ether oxygens (including phenoxy) is 1. The third-order valence-corrected chi connectivity index (χ3v) is 18.4. The maximum Gasteiger partial charge on any atom is 0.257 e. The van der Waals surface area contributed by atoms with Gasteiger partial charge in [-0.05, 0) is 54.5 Å². The Morgan fingerprint density at radius 1 is 1.09 bits per heavy atom. The van der Waals surface area contributed by atoms with Crippen molar-refractivity contribution in [3.8, 4) is 0 Å². The first kappa shape index (κ1) is 33.2. The van der Waals surface area contributed by atoms with E-state index >= 15 is 4.39 Å². The molecule has 11 heteroatoms. The van der Waals surface area contributed by atoms with Crippen molar-refractivity contribution in [1.82, 2.24) is 14.4 Å². The number of anilines is 1. The monoisotopic (exact) mass is 626 g/mol. The maximum atomic E-state index is 16.8. The van der Waals surface area contributed by atoms with E-state index in [1.54, 1.807) is 47.0 Å². The molecule has 0 spiro atoms. The smallest absolute Gasteiger partial charge is 0.257 e. The molecule has 0 saturated carbocycles. The summed E-state index contributed by atoms with van der Waals surface area (Å²) >= 11 is 0. The molecule has 1 aliphatic heterocycles. The van der Waals surface area contributed by atoms with E-state index in [-0.39, 0.29) is 28.5 Å². The Morgan fingerprint density at radius 3 is 2.30 bits per heavy atom. The first-order valence-electron chi connectivity index (χ1n) is 14.8. The number of hydrogen-bond donors (Lipinski definition) is 1. The Bertz CT molecular complexity index is 1470. The number of nitrogens with one attached hydrogen (secondary N) is 1. The second-order valence-corrected chi connectivity index (χ2v) is 24.1. The van der Waals surface area contributed by atoms with Crippen molar-refractivity contribution >= 4 is 34.1 Å². The summed E-state index contributed by atoms with van der Waals surface area (Å²) in [6, 6.07) is 10.6. The van der Waals surface area contributed by atoms with Gasteiger partial charge in [0.2, 0.25) is 5.95 Å². The minimum atomic E-state index is -2.44. The highest BCUT2D eigenvalue weighted by atomic mass is 28.4. The fourth-order valence-electron chi connectivity index (χ4n) is 4.51. The molecule has 0 aliphatic carbocycles. The van der Waals surface area contributed by atoms with E-state index in [9.17, 15) is 4.79 Å². The molecule has 8 nitrogen and oxygen atoms in total. The van der Waals surface area contributed by atoms with Crippen molar-refractivity contribution in [3.63, 3.8) is 0 Å². The molecule has 0 bridgehead atoms. The number of nitrogens with zero attached hydrogens (tertiary/aromatic N) is 3. The van der Waals surface area contributed by atoms with Crippen LogP contribution in [0.1, 0.15) is 63.6 Å². The van der Waals surface area contributed by atoms with Crippen LogP contribution in [0.25, 0.3) is 5.65 Å². The molecule has 1 aromatic carbocycles. The Hall–Kier alpha value is -2.71. The molecule has 1 N–H and O–H groups in total. The van der Waals surface area contributed by atoms with Crippen molar-refractivity contribution in [2.24, 2.45) is 0 Å². The second-order valence-electron chi connectivity index (χ2n) is 14.5. The van der Waals surface area contributed by atoms with Gasteiger partial charge in [-0.2, -0.15) is 0 Å². The summed E-state index contributed by atoms with van der Waals surface area (Å²) in [6.45, 7) is 25.7. The number of hydrogen-bond acceptors (Lipinski definition) is 6. The number of rotatable bonds is 9. The number of carbonyl (C=O) groups is 1. The highest BCUT2D eigenvalue weighted by Crippen LogP contribution is 2.49. The summed E-state index contributed by atoms with van der Waals surface area (Å²) < 4.78 is 38.5. The maximum absolute atomic E-state index is 16.8. The molecule has 0 radical (unpaired) electrons. The average Bonchev–Trinajstić information content (AvgIpc) is 3.47. The van der Waals surface area contributed by atoms with Crippen LogP contribution in [-0.4, -0.2) is 61.4 Å². The third-order valence-electron chi connectivity index (χ3n) is 9.45. The van der Waals surface area contributed by atoms with Gasteiger partial charge in [-0.15, -0.1) is 6.58 Å². The molecular formula is C32H47FN4O4Si2. The fraction of sp³-hybridized carbons (Fsp3) is 0.531. The topological polar surface area (TPSA) is 87.0 Å². The molecule has 1 aliphatic rings. The fourth-order valence-corrected chi connectivity index (χ4v) is 6.85. The summed E-state index contributed by atoms with van der Waals surface area (Å²) in [5.41, 5.74) is 0.342. The van der Waals surface area contributed by atoms with Crippen LogP contribution in [0.5, 0.6) is 0 Å². The molecule has 3 heterocycles. The largest absolute Gasteiger partial charge is 0.413 e. The van der Waals surface area contributed by atoms with Gasteiger partial charge < -0.3 is 13.6 Å². The number of fused-ring (bicyclic) bond motifs is 1. The van der Waals surface area contributed by atoms with E-state index < -0.39 is 40.6 Å². The SMILES string of the molecule is C=C[C@]1(CO[Si](C)(C)C(C)(C)C)O[C@@H](c2cc3ncnc(NC(=O)c4ccccc4)n3c2)[C@H](F)[C@@H]1O[Si](C)(C)C(C)(C)C. The summed E-state index contributed by atoms with van der Waals surface area (Å²) in [7, 11) is -4.66. The number of carbonyl (C=O) groups excluding carboxylic acids is 1. The van der Waals surface area contributed by atoms with Crippen LogP contribution in [0.3, 0.4) is 0 Å². The lowest BCUT2D eigenvalue weighted by Gasteiger charge is -2.44. The number of amides is 1. The number of alkyl halides is 1. The average molecular weight is 627 g/mol. The predicted molar refractivity (Wildman–Crippen MR) is 174 cm³/mol. The molecular weight excluding hydrogens is 580 g/mol. The molecule has 2 aromatic heterocycles. The number of benzene rings is 1. The van der Waals surface area contributed by atoms with Crippen molar-refractivity contribution < 1.29 is 22.8 Å². The standard InChI is InChI=1S/C32H47FN4O4Si2/c1-12-32(20-39-42(8,9)30(2,3)4)27(41-43(10,11)31(5,6)7)25(33)26(40-32)23-18-24-34-21-35-29(37(24)19-23)36-28(38)22-16-14-13-15-17-22/h12-19,21,25-27H,1,20H2,2-11H3,(H,34,35,36,38)/t25-,26-,27-,32+/m0/s1. The first-order chi connectivity index (χ1) is 19.8. The predicted octanol–water partition coefficient (Wildman–Crippen LogP) is 7.73. The van der Waals surface area contributed by atoms with Crippen molar-refractivity contribution in [2.45, 2.75) is 102 Å². The minimum Gasteiger partial charge on any atom is -0.413 e. The van der Waals surface area contributed by atoms with Crippen LogP contribution in [-0.2, 0) is 13.6 Å². The van der Waals surface area contributed by atoms with Crippen LogP contribution < -0.4 is 5.32 Å². The Morgan fingerprint density at radius 2 is 1.72 bits per heavy atom. The Balaban J connectivity index is 1.72. The van der Waals surface area contributed by atoms with Crippen LogP contribution in [0.2, 0.25) is 36.3 Å². The molecule has 1 saturated heterocycles. The number of halogens is 1. The molecule has 4 atom stereocenters. The minimum absolute atomic E-state index is 0.0441. The van der Waals surface area contributed by atoms with E-state index in [2.05, 4.69) is 89.6 Å². The summed E-state index contributed by atoms with van der Waals surface area (Å²) in [5, 5.41) is 2.65. The van der Waals surface area contributed by atoms with Gasteiger partial charge in [0.15, 0.2) is 22.8 Å². The zero-order valence-corrected chi connectivity index (χ0v) is 29.2. The highest BCUT2D eigenvalue weighted by Gasteiger charge is 2.59. The van der Waals surface area contributed by atoms with Gasteiger partial charge in [0.25, 0.3) is 5.91 Å². The Kier molecular flexibility index (Phi) is 9.00. The van der Waals surface area contributed by atoms with E-state index in [1.165, 1.54) is 6.33 Å². The van der Waals surface area contributed by atoms with Gasteiger partial charge in [-0.3, -0.25) is 14.5 Å². The molecule has 43 heavy (non-hydrogen) atoms. The van der Waals surface area contributed by atoms with E-state index in [1.807, 2.05) is 6.07 Å². The van der Waals surface area contributed by atoms with Gasteiger partial charge in [-0.25, -0.2) is 14.4 Å². The zero-order valence-electron chi connectivity index (χ0n) is 27.2. The van der Waals surface area contributed by atoms with Crippen molar-refractivity contribution in [3.05, 3.63) is 72.7 Å². The van der Waals surface area contributed by atoms with E-state index in [0.717, 1.165) is 0 Å². The van der Waals surface area contributed by atoms with Gasteiger partial charge in [0.1, 0.15) is 29.8 Å². The summed E-state index contributed by atoms with van der Waals surface area (Å²) in [4.78, 5) is 21.5. The molecule has 3 aromatic rings. The van der Waals surface area contributed by atoms with Crippen molar-refractivity contribution in [2.75, 3.05) is 11.9 Å². The number of aromatic nitrogens is 3. The molecule has 0 unspecified atom stereocenters. The highest BCUT2D eigenvalue weighted by molar-refractivity contribution is 6.74. The normalized spacial score (nSPS) is 23.5. The summed E-state index contributed by atoms with van der Waals surface area (Å²) in [5.74, 6) is -0.0450. The van der Waals surface area contributed by atoms with E-state index in [0.29, 0.717) is 16.8 Å². The Labute approximate surface area is 257 Å². The summed E-state index contributed by atoms with van der Waals surface area (Å²) in [6.07, 6.45) is 1.33. The van der Waals surface area contributed by atoms with Gasteiger partial charge in [-0.1, -0.05) is 65.8 Å². The second kappa shape index (κ2) is 11.7. The van der Waals surface area contributed by atoms with Crippen LogP contribution >= 0.6 is 0 Å². The quantitative estimate of drug-likeness (QED) is 0.193. The third kappa shape index (κ3) is 6.56. The zero-order chi connectivity index (χ0) is 32.0. The van der Waals surface area contributed by atoms with Crippen LogP contribution in [0.4, 0.5) is 10.3 Å². The van der Waals surface area contributed by atoms with Gasteiger partial charge >= 0.3 is 0 Å². The lowest BCUT2D eigenvalue weighted by molar-refractivity contribution is -0.0723. The van der Waals surface area contributed by atoms with Crippen molar-refractivity contribution in [1.29, 1.82) is 0 Å². The lowest BCUT2D eigenvalue weighted by atomic mass is 9.95. The van der Waals surface area contributed by atoms with Gasteiger partial charge in [0.05, 0.1) is 6.61 Å². The lowest BCUT2D eigenvalue weighted by Crippen LogP contribution is -2.55. The molecule has 4 rings (SSSR count). The molecule has 1 fully saturated rings. The molecule has 1 amide bonds.